The molecule has 2 aromatic rings. The largest absolute Gasteiger partial charge is 0.493 e. The fraction of sp³-hybridized carbons (Fsp3) is 0.368. The minimum absolute atomic E-state index is 0.0576. The van der Waals surface area contributed by atoms with Crippen molar-refractivity contribution in [1.29, 1.82) is 0 Å². The standard InChI is InChI=1S/C19H21NO6/c1-23-16-7-3-5-13(18(16)24-2)12-26-19(22)14-9-17(21)20(10-14)11-15-6-4-8-25-15/h3-8,14H,9-12H2,1-2H3/t14-/m0/s1. The lowest BCUT2D eigenvalue weighted by molar-refractivity contribution is -0.149. The second kappa shape index (κ2) is 7.95. The minimum atomic E-state index is -0.478. The summed E-state index contributed by atoms with van der Waals surface area (Å²) in [5, 5.41) is 0. The molecule has 0 saturated carbocycles. The van der Waals surface area contributed by atoms with Gasteiger partial charge < -0.3 is 23.5 Å². The summed E-state index contributed by atoms with van der Waals surface area (Å²) in [7, 11) is 3.08. The SMILES string of the molecule is COc1cccc(COC(=O)[C@H]2CC(=O)N(Cc3ccco3)C2)c1OC. The van der Waals surface area contributed by atoms with Crippen LogP contribution in [0.4, 0.5) is 0 Å². The van der Waals surface area contributed by atoms with Gasteiger partial charge in [-0.3, -0.25) is 9.59 Å². The summed E-state index contributed by atoms with van der Waals surface area (Å²) in [6, 6.07) is 8.94. The summed E-state index contributed by atoms with van der Waals surface area (Å²) < 4.78 is 21.2. The van der Waals surface area contributed by atoms with Gasteiger partial charge >= 0.3 is 5.97 Å². The number of rotatable bonds is 7. The molecule has 2 heterocycles. The Labute approximate surface area is 151 Å². The summed E-state index contributed by atoms with van der Waals surface area (Å²) in [6.07, 6.45) is 1.71. The fourth-order valence-electron chi connectivity index (χ4n) is 3.01. The van der Waals surface area contributed by atoms with Crippen LogP contribution in [0.1, 0.15) is 17.7 Å². The van der Waals surface area contributed by atoms with Crippen LogP contribution < -0.4 is 9.47 Å². The molecule has 3 rings (SSSR count). The Hall–Kier alpha value is -2.96. The van der Waals surface area contributed by atoms with Gasteiger partial charge in [0.15, 0.2) is 11.5 Å². The molecule has 1 aliphatic rings. The van der Waals surface area contributed by atoms with E-state index in [0.29, 0.717) is 35.9 Å². The second-order valence-electron chi connectivity index (χ2n) is 6.02. The van der Waals surface area contributed by atoms with Crippen molar-refractivity contribution in [2.75, 3.05) is 20.8 Å². The van der Waals surface area contributed by atoms with Gasteiger partial charge in [0.25, 0.3) is 0 Å². The number of hydrogen-bond acceptors (Lipinski definition) is 6. The average molecular weight is 359 g/mol. The van der Waals surface area contributed by atoms with E-state index in [1.54, 1.807) is 48.6 Å². The Balaban J connectivity index is 1.58. The van der Waals surface area contributed by atoms with Gasteiger partial charge in [-0.25, -0.2) is 0 Å². The van der Waals surface area contributed by atoms with E-state index < -0.39 is 11.9 Å². The van der Waals surface area contributed by atoms with Gasteiger partial charge in [-0.05, 0) is 18.2 Å². The van der Waals surface area contributed by atoms with E-state index in [-0.39, 0.29) is 18.9 Å². The normalized spacial score (nSPS) is 16.6. The molecule has 1 amide bonds. The predicted octanol–water partition coefficient (Wildman–Crippen LogP) is 2.39. The Morgan fingerprint density at radius 3 is 2.77 bits per heavy atom. The molecule has 0 radical (unpaired) electrons. The number of amides is 1. The van der Waals surface area contributed by atoms with Crippen LogP contribution in [-0.4, -0.2) is 37.5 Å². The fourth-order valence-corrected chi connectivity index (χ4v) is 3.01. The van der Waals surface area contributed by atoms with Gasteiger partial charge in [-0.2, -0.15) is 0 Å². The third-order valence-corrected chi connectivity index (χ3v) is 4.33. The molecule has 0 bridgehead atoms. The van der Waals surface area contributed by atoms with Crippen molar-refractivity contribution in [2.45, 2.75) is 19.6 Å². The summed E-state index contributed by atoms with van der Waals surface area (Å²) in [4.78, 5) is 26.1. The highest BCUT2D eigenvalue weighted by Gasteiger charge is 2.35. The van der Waals surface area contributed by atoms with Crippen molar-refractivity contribution < 1.29 is 28.2 Å². The number of furan rings is 1. The maximum atomic E-state index is 12.4. The van der Waals surface area contributed by atoms with Crippen molar-refractivity contribution in [2.24, 2.45) is 5.92 Å². The Morgan fingerprint density at radius 2 is 2.08 bits per heavy atom. The molecule has 7 heteroatoms. The zero-order chi connectivity index (χ0) is 18.5. The number of carbonyl (C=O) groups excluding carboxylic acids is 2. The van der Waals surface area contributed by atoms with Crippen LogP contribution in [0.2, 0.25) is 0 Å². The van der Waals surface area contributed by atoms with Crippen molar-refractivity contribution in [3.05, 3.63) is 47.9 Å². The molecule has 1 fully saturated rings. The first kappa shape index (κ1) is 17.8. The van der Waals surface area contributed by atoms with E-state index in [2.05, 4.69) is 0 Å². The third-order valence-electron chi connectivity index (χ3n) is 4.33. The predicted molar refractivity (Wildman–Crippen MR) is 91.6 cm³/mol. The minimum Gasteiger partial charge on any atom is -0.493 e. The van der Waals surface area contributed by atoms with Gasteiger partial charge in [0.1, 0.15) is 12.4 Å². The first-order chi connectivity index (χ1) is 12.6. The Kier molecular flexibility index (Phi) is 5.46. The molecule has 26 heavy (non-hydrogen) atoms. The molecule has 0 unspecified atom stereocenters. The van der Waals surface area contributed by atoms with Gasteiger partial charge in [-0.1, -0.05) is 12.1 Å². The summed E-state index contributed by atoms with van der Waals surface area (Å²) in [6.45, 7) is 0.745. The zero-order valence-electron chi connectivity index (χ0n) is 14.8. The van der Waals surface area contributed by atoms with Crippen molar-refractivity contribution in [1.82, 2.24) is 4.90 Å². The van der Waals surface area contributed by atoms with Gasteiger partial charge in [-0.15, -0.1) is 0 Å². The molecule has 1 aromatic heterocycles. The van der Waals surface area contributed by atoms with E-state index >= 15 is 0 Å². The van der Waals surface area contributed by atoms with Crippen molar-refractivity contribution in [3.63, 3.8) is 0 Å². The van der Waals surface area contributed by atoms with Crippen LogP contribution in [0.15, 0.2) is 41.0 Å². The Bertz CT molecular complexity index is 770. The van der Waals surface area contributed by atoms with Crippen LogP contribution in [-0.2, 0) is 27.5 Å². The summed E-state index contributed by atoms with van der Waals surface area (Å²) in [5.74, 6) is 0.835. The summed E-state index contributed by atoms with van der Waals surface area (Å²) in [5.41, 5.74) is 0.706. The monoisotopic (exact) mass is 359 g/mol. The average Bonchev–Trinajstić information content (AvgIpc) is 3.29. The van der Waals surface area contributed by atoms with E-state index in [0.717, 1.165) is 0 Å². The van der Waals surface area contributed by atoms with Crippen LogP contribution in [0.3, 0.4) is 0 Å². The van der Waals surface area contributed by atoms with E-state index in [1.807, 2.05) is 0 Å². The first-order valence-electron chi connectivity index (χ1n) is 8.29. The highest BCUT2D eigenvalue weighted by molar-refractivity contribution is 5.86. The topological polar surface area (TPSA) is 78.2 Å². The van der Waals surface area contributed by atoms with Gasteiger partial charge in [0.05, 0.1) is 32.9 Å². The lowest BCUT2D eigenvalue weighted by Crippen LogP contribution is -2.26. The highest BCUT2D eigenvalue weighted by Crippen LogP contribution is 2.31. The summed E-state index contributed by atoms with van der Waals surface area (Å²) >= 11 is 0. The quantitative estimate of drug-likeness (QED) is 0.707. The lowest BCUT2D eigenvalue weighted by atomic mass is 10.1. The molecule has 0 aliphatic carbocycles. The van der Waals surface area contributed by atoms with E-state index in [1.165, 1.54) is 7.11 Å². The lowest BCUT2D eigenvalue weighted by Gasteiger charge is -2.15. The number of carbonyl (C=O) groups is 2. The van der Waals surface area contributed by atoms with Crippen LogP contribution in [0.25, 0.3) is 0 Å². The van der Waals surface area contributed by atoms with E-state index in [9.17, 15) is 9.59 Å². The van der Waals surface area contributed by atoms with Gasteiger partial charge in [0.2, 0.25) is 5.91 Å². The van der Waals surface area contributed by atoms with Crippen molar-refractivity contribution in [3.8, 4) is 11.5 Å². The molecule has 1 atom stereocenters. The van der Waals surface area contributed by atoms with Crippen molar-refractivity contribution >= 4 is 11.9 Å². The van der Waals surface area contributed by atoms with Crippen LogP contribution >= 0.6 is 0 Å². The van der Waals surface area contributed by atoms with Crippen LogP contribution in [0.5, 0.6) is 11.5 Å². The molecule has 7 nitrogen and oxygen atoms in total. The zero-order valence-corrected chi connectivity index (χ0v) is 14.8. The number of benzene rings is 1. The van der Waals surface area contributed by atoms with Gasteiger partial charge in [0, 0.05) is 18.5 Å². The maximum Gasteiger partial charge on any atom is 0.311 e. The number of para-hydroxylation sites is 1. The molecular weight excluding hydrogens is 338 g/mol. The highest BCUT2D eigenvalue weighted by atomic mass is 16.5. The molecular formula is C19H21NO6. The van der Waals surface area contributed by atoms with Crippen LogP contribution in [0, 0.1) is 5.92 Å². The molecule has 1 saturated heterocycles. The Morgan fingerprint density at radius 1 is 1.23 bits per heavy atom. The number of likely N-dealkylation sites (tertiary alicyclic amines) is 1. The number of esters is 1. The first-order valence-corrected chi connectivity index (χ1v) is 8.29. The second-order valence-corrected chi connectivity index (χ2v) is 6.02. The smallest absolute Gasteiger partial charge is 0.311 e. The maximum absolute atomic E-state index is 12.4. The number of hydrogen-bond donors (Lipinski definition) is 0. The molecule has 0 N–H and O–H groups in total. The molecule has 1 aromatic carbocycles. The number of nitrogens with zero attached hydrogens (tertiary/aromatic N) is 1. The number of methoxy groups -OCH3 is 2. The molecule has 0 spiro atoms. The molecule has 138 valence electrons. The number of ether oxygens (including phenoxy) is 3. The third kappa shape index (κ3) is 3.82. The molecule has 1 aliphatic heterocycles. The van der Waals surface area contributed by atoms with E-state index in [4.69, 9.17) is 18.6 Å².